The standard InChI is InChI=1S/C20H23ClN2O2S/c1-13(2)11-12-25-18-10-5-4-7-15(18)19(24)23-20(26)22-17-9-6-8-16(21)14(17)3/h4-10,13H,11-12H2,1-3H3,(H2,22,23,24,26). The minimum Gasteiger partial charge on any atom is -0.493 e. The van der Waals surface area contributed by atoms with Crippen LogP contribution in [-0.4, -0.2) is 17.6 Å². The Hall–Kier alpha value is -2.11. The van der Waals surface area contributed by atoms with Crippen molar-refractivity contribution in [1.29, 1.82) is 0 Å². The number of para-hydroxylation sites is 1. The largest absolute Gasteiger partial charge is 0.493 e. The molecule has 0 spiro atoms. The van der Waals surface area contributed by atoms with Gasteiger partial charge >= 0.3 is 0 Å². The number of halogens is 1. The van der Waals surface area contributed by atoms with Gasteiger partial charge in [-0.25, -0.2) is 0 Å². The molecule has 2 rings (SSSR count). The zero-order valence-corrected chi connectivity index (χ0v) is 16.7. The van der Waals surface area contributed by atoms with E-state index in [1.54, 1.807) is 24.3 Å². The van der Waals surface area contributed by atoms with E-state index in [0.717, 1.165) is 17.7 Å². The van der Waals surface area contributed by atoms with Gasteiger partial charge in [-0.1, -0.05) is 43.6 Å². The molecule has 2 N–H and O–H groups in total. The molecule has 2 aromatic carbocycles. The van der Waals surface area contributed by atoms with Crippen molar-refractivity contribution in [2.24, 2.45) is 5.92 Å². The van der Waals surface area contributed by atoms with Crippen LogP contribution in [0.5, 0.6) is 5.75 Å². The van der Waals surface area contributed by atoms with Gasteiger partial charge in [-0.3, -0.25) is 10.1 Å². The molecule has 26 heavy (non-hydrogen) atoms. The van der Waals surface area contributed by atoms with Crippen LogP contribution in [-0.2, 0) is 0 Å². The van der Waals surface area contributed by atoms with E-state index in [2.05, 4.69) is 24.5 Å². The van der Waals surface area contributed by atoms with E-state index >= 15 is 0 Å². The normalized spacial score (nSPS) is 10.5. The summed E-state index contributed by atoms with van der Waals surface area (Å²) in [6.07, 6.45) is 0.921. The zero-order valence-electron chi connectivity index (χ0n) is 15.1. The van der Waals surface area contributed by atoms with Crippen LogP contribution in [0.1, 0.15) is 36.2 Å². The summed E-state index contributed by atoms with van der Waals surface area (Å²) in [6, 6.07) is 12.6. The van der Waals surface area contributed by atoms with Crippen LogP contribution < -0.4 is 15.4 Å². The summed E-state index contributed by atoms with van der Waals surface area (Å²) in [5, 5.41) is 6.53. The Labute approximate surface area is 164 Å². The number of thiocarbonyl (C=S) groups is 1. The van der Waals surface area contributed by atoms with Gasteiger partial charge in [0.15, 0.2) is 5.11 Å². The third-order valence-electron chi connectivity index (χ3n) is 3.83. The molecular weight excluding hydrogens is 368 g/mol. The van der Waals surface area contributed by atoms with Crippen molar-refractivity contribution in [2.75, 3.05) is 11.9 Å². The van der Waals surface area contributed by atoms with E-state index in [1.807, 2.05) is 25.1 Å². The molecule has 1 amide bonds. The summed E-state index contributed by atoms with van der Waals surface area (Å²) < 4.78 is 5.76. The molecular formula is C20H23ClN2O2S. The van der Waals surface area contributed by atoms with Gasteiger partial charge in [0.2, 0.25) is 0 Å². The van der Waals surface area contributed by atoms with Gasteiger partial charge < -0.3 is 10.1 Å². The lowest BCUT2D eigenvalue weighted by molar-refractivity contribution is 0.0973. The molecule has 0 unspecified atom stereocenters. The highest BCUT2D eigenvalue weighted by molar-refractivity contribution is 7.80. The minimum absolute atomic E-state index is 0.206. The number of amides is 1. The maximum absolute atomic E-state index is 12.6. The summed E-state index contributed by atoms with van der Waals surface area (Å²) in [6.45, 7) is 6.70. The maximum atomic E-state index is 12.6. The fraction of sp³-hybridized carbons (Fsp3) is 0.300. The van der Waals surface area contributed by atoms with Gasteiger partial charge in [0.1, 0.15) is 5.75 Å². The number of hydrogen-bond acceptors (Lipinski definition) is 3. The van der Waals surface area contributed by atoms with Crippen LogP contribution in [0.2, 0.25) is 5.02 Å². The molecule has 0 aromatic heterocycles. The van der Waals surface area contributed by atoms with Gasteiger partial charge in [0.25, 0.3) is 5.91 Å². The van der Waals surface area contributed by atoms with Crippen LogP contribution in [0, 0.1) is 12.8 Å². The molecule has 0 atom stereocenters. The molecule has 0 aliphatic heterocycles. The molecule has 6 heteroatoms. The van der Waals surface area contributed by atoms with E-state index in [9.17, 15) is 4.79 Å². The lowest BCUT2D eigenvalue weighted by Gasteiger charge is -2.14. The van der Waals surface area contributed by atoms with Gasteiger partial charge in [-0.15, -0.1) is 0 Å². The smallest absolute Gasteiger partial charge is 0.261 e. The Morgan fingerprint density at radius 1 is 1.19 bits per heavy atom. The highest BCUT2D eigenvalue weighted by Crippen LogP contribution is 2.23. The predicted molar refractivity (Wildman–Crippen MR) is 111 cm³/mol. The summed E-state index contributed by atoms with van der Waals surface area (Å²) in [5.41, 5.74) is 2.07. The number of nitrogens with one attached hydrogen (secondary N) is 2. The maximum Gasteiger partial charge on any atom is 0.261 e. The van der Waals surface area contributed by atoms with E-state index in [-0.39, 0.29) is 11.0 Å². The Morgan fingerprint density at radius 2 is 1.92 bits per heavy atom. The summed E-state index contributed by atoms with van der Waals surface area (Å²) in [4.78, 5) is 12.6. The second kappa shape index (κ2) is 9.55. The number of hydrogen-bond donors (Lipinski definition) is 2. The van der Waals surface area contributed by atoms with Crippen molar-refractivity contribution in [1.82, 2.24) is 5.32 Å². The molecule has 0 saturated heterocycles. The van der Waals surface area contributed by atoms with Crippen molar-refractivity contribution in [3.63, 3.8) is 0 Å². The van der Waals surface area contributed by atoms with Gasteiger partial charge in [-0.05, 0) is 61.3 Å². The van der Waals surface area contributed by atoms with Crippen LogP contribution in [0.25, 0.3) is 0 Å². The number of anilines is 1. The molecule has 0 aliphatic rings. The number of carbonyl (C=O) groups excluding carboxylic acids is 1. The topological polar surface area (TPSA) is 50.4 Å². The minimum atomic E-state index is -0.317. The van der Waals surface area contributed by atoms with Crippen LogP contribution in [0.3, 0.4) is 0 Å². The molecule has 0 heterocycles. The average Bonchev–Trinajstić information content (AvgIpc) is 2.59. The summed E-state index contributed by atoms with van der Waals surface area (Å²) in [7, 11) is 0. The number of carbonyl (C=O) groups is 1. The SMILES string of the molecule is Cc1c(Cl)cccc1NC(=S)NC(=O)c1ccccc1OCCC(C)C. The summed E-state index contributed by atoms with van der Waals surface area (Å²) in [5.74, 6) is 0.767. The molecule has 0 bridgehead atoms. The van der Waals surface area contributed by atoms with Crippen molar-refractivity contribution in [3.05, 3.63) is 58.6 Å². The Kier molecular flexibility index (Phi) is 7.42. The lowest BCUT2D eigenvalue weighted by atomic mass is 10.1. The monoisotopic (exact) mass is 390 g/mol. The van der Waals surface area contributed by atoms with Crippen molar-refractivity contribution >= 4 is 40.5 Å². The molecule has 0 saturated carbocycles. The van der Waals surface area contributed by atoms with Crippen LogP contribution in [0.15, 0.2) is 42.5 Å². The molecule has 4 nitrogen and oxygen atoms in total. The van der Waals surface area contributed by atoms with Crippen LogP contribution in [0.4, 0.5) is 5.69 Å². The number of ether oxygens (including phenoxy) is 1. The fourth-order valence-corrected chi connectivity index (χ4v) is 2.63. The predicted octanol–water partition coefficient (Wildman–Crippen LogP) is 5.20. The average molecular weight is 391 g/mol. The van der Waals surface area contributed by atoms with E-state index in [0.29, 0.717) is 28.9 Å². The molecule has 2 aromatic rings. The zero-order chi connectivity index (χ0) is 19.1. The van der Waals surface area contributed by atoms with Crippen molar-refractivity contribution in [3.8, 4) is 5.75 Å². The Balaban J connectivity index is 2.03. The quantitative estimate of drug-likeness (QED) is 0.665. The highest BCUT2D eigenvalue weighted by atomic mass is 35.5. The number of benzene rings is 2. The Morgan fingerprint density at radius 3 is 2.65 bits per heavy atom. The first-order valence-corrected chi connectivity index (χ1v) is 9.26. The lowest BCUT2D eigenvalue weighted by Crippen LogP contribution is -2.34. The van der Waals surface area contributed by atoms with Crippen molar-refractivity contribution < 1.29 is 9.53 Å². The van der Waals surface area contributed by atoms with Crippen molar-refractivity contribution in [2.45, 2.75) is 27.2 Å². The first-order valence-electron chi connectivity index (χ1n) is 8.47. The van der Waals surface area contributed by atoms with E-state index in [4.69, 9.17) is 28.6 Å². The third kappa shape index (κ3) is 5.71. The first-order chi connectivity index (χ1) is 12.4. The molecule has 0 radical (unpaired) electrons. The Bertz CT molecular complexity index is 793. The van der Waals surface area contributed by atoms with Gasteiger partial charge in [0, 0.05) is 10.7 Å². The first kappa shape index (κ1) is 20.2. The molecule has 0 aliphatic carbocycles. The third-order valence-corrected chi connectivity index (χ3v) is 4.44. The van der Waals surface area contributed by atoms with Gasteiger partial charge in [0.05, 0.1) is 12.2 Å². The second-order valence-corrected chi connectivity index (χ2v) is 7.16. The number of rotatable bonds is 6. The summed E-state index contributed by atoms with van der Waals surface area (Å²) >= 11 is 11.4. The van der Waals surface area contributed by atoms with Gasteiger partial charge in [-0.2, -0.15) is 0 Å². The van der Waals surface area contributed by atoms with E-state index in [1.165, 1.54) is 0 Å². The molecule has 138 valence electrons. The van der Waals surface area contributed by atoms with Crippen LogP contribution >= 0.6 is 23.8 Å². The fourth-order valence-electron chi connectivity index (χ4n) is 2.25. The molecule has 0 fully saturated rings. The van der Waals surface area contributed by atoms with E-state index < -0.39 is 0 Å². The highest BCUT2D eigenvalue weighted by Gasteiger charge is 2.14. The second-order valence-electron chi connectivity index (χ2n) is 6.35.